The molecule has 26 heavy (non-hydrogen) atoms. The first-order valence-electron chi connectivity index (χ1n) is 8.57. The average molecular weight is 370 g/mol. The number of hydrogen-bond donors (Lipinski definition) is 2. The molecule has 0 bridgehead atoms. The van der Waals surface area contributed by atoms with Gasteiger partial charge in [0, 0.05) is 28.3 Å². The van der Waals surface area contributed by atoms with E-state index in [9.17, 15) is 9.59 Å². The molecule has 0 aliphatic heterocycles. The van der Waals surface area contributed by atoms with Crippen molar-refractivity contribution in [3.63, 3.8) is 0 Å². The number of methoxy groups -OCH3 is 1. The first-order valence-corrected chi connectivity index (χ1v) is 9.45. The first kappa shape index (κ1) is 18.3. The fourth-order valence-electron chi connectivity index (χ4n) is 2.44. The third kappa shape index (κ3) is 5.02. The molecule has 0 aromatic heterocycles. The lowest BCUT2D eigenvalue weighted by Gasteiger charge is -2.13. The van der Waals surface area contributed by atoms with Crippen LogP contribution in [0, 0.1) is 5.92 Å². The Morgan fingerprint density at radius 2 is 1.77 bits per heavy atom. The van der Waals surface area contributed by atoms with Gasteiger partial charge in [-0.3, -0.25) is 9.59 Å². The highest BCUT2D eigenvalue weighted by Gasteiger charge is 2.29. The fraction of sp³-hybridized carbons (Fsp3) is 0.300. The van der Waals surface area contributed by atoms with Gasteiger partial charge in [-0.1, -0.05) is 12.1 Å². The van der Waals surface area contributed by atoms with Gasteiger partial charge in [0.05, 0.1) is 12.4 Å². The van der Waals surface area contributed by atoms with Crippen LogP contribution in [0.1, 0.15) is 19.8 Å². The molecule has 136 valence electrons. The number of nitrogens with one attached hydrogen (secondary N) is 2. The van der Waals surface area contributed by atoms with E-state index in [2.05, 4.69) is 10.6 Å². The molecule has 1 unspecified atom stereocenters. The van der Waals surface area contributed by atoms with Crippen molar-refractivity contribution in [2.45, 2.75) is 29.9 Å². The molecular formula is C20H22N2O3S. The summed E-state index contributed by atoms with van der Waals surface area (Å²) in [5.74, 6) is 0.854. The molecule has 0 spiro atoms. The van der Waals surface area contributed by atoms with Crippen LogP contribution >= 0.6 is 11.8 Å². The molecule has 0 radical (unpaired) electrons. The molecule has 3 rings (SSSR count). The average Bonchev–Trinajstić information content (AvgIpc) is 3.47. The largest absolute Gasteiger partial charge is 0.497 e. The quantitative estimate of drug-likeness (QED) is 0.718. The zero-order chi connectivity index (χ0) is 18.5. The van der Waals surface area contributed by atoms with Crippen molar-refractivity contribution in [3.05, 3.63) is 48.5 Å². The Hall–Kier alpha value is -2.47. The highest BCUT2D eigenvalue weighted by Crippen LogP contribution is 2.31. The van der Waals surface area contributed by atoms with Crippen LogP contribution in [-0.2, 0) is 9.59 Å². The normalized spacial score (nSPS) is 14.4. The van der Waals surface area contributed by atoms with Crippen molar-refractivity contribution in [2.24, 2.45) is 5.92 Å². The standard InChI is InChI=1S/C20H22N2O3S/c1-13(19(23)21-15-5-3-7-17(11-15)25-2)26-18-8-4-6-16(12-18)22-20(24)14-9-10-14/h3-8,11-14H,9-10H2,1-2H3,(H,21,23)(H,22,24). The van der Waals surface area contributed by atoms with Crippen molar-refractivity contribution >= 4 is 35.0 Å². The number of amides is 2. The second-order valence-corrected chi connectivity index (χ2v) is 7.69. The van der Waals surface area contributed by atoms with Crippen LogP contribution in [0.25, 0.3) is 0 Å². The van der Waals surface area contributed by atoms with Crippen LogP contribution in [0.15, 0.2) is 53.4 Å². The van der Waals surface area contributed by atoms with E-state index in [1.165, 1.54) is 11.8 Å². The summed E-state index contributed by atoms with van der Waals surface area (Å²) in [7, 11) is 1.59. The number of carbonyl (C=O) groups is 2. The zero-order valence-corrected chi connectivity index (χ0v) is 15.6. The SMILES string of the molecule is COc1cccc(NC(=O)C(C)Sc2cccc(NC(=O)C3CC3)c2)c1. The Balaban J connectivity index is 1.58. The minimum absolute atomic E-state index is 0.0796. The van der Waals surface area contributed by atoms with Gasteiger partial charge in [0.25, 0.3) is 0 Å². The molecule has 0 heterocycles. The second kappa shape index (κ2) is 8.27. The molecule has 1 fully saturated rings. The van der Waals surface area contributed by atoms with Gasteiger partial charge in [0.1, 0.15) is 5.75 Å². The van der Waals surface area contributed by atoms with Crippen LogP contribution in [0.3, 0.4) is 0 Å². The van der Waals surface area contributed by atoms with Gasteiger partial charge in [-0.15, -0.1) is 11.8 Å². The highest BCUT2D eigenvalue weighted by atomic mass is 32.2. The Labute approximate surface area is 157 Å². The summed E-state index contributed by atoms with van der Waals surface area (Å²) in [6.07, 6.45) is 1.95. The van der Waals surface area contributed by atoms with Crippen molar-refractivity contribution in [1.29, 1.82) is 0 Å². The molecular weight excluding hydrogens is 348 g/mol. The van der Waals surface area contributed by atoms with E-state index in [0.29, 0.717) is 11.4 Å². The Morgan fingerprint density at radius 1 is 1.08 bits per heavy atom. The molecule has 1 saturated carbocycles. The van der Waals surface area contributed by atoms with E-state index in [-0.39, 0.29) is 23.0 Å². The number of benzene rings is 2. The van der Waals surface area contributed by atoms with Crippen LogP contribution < -0.4 is 15.4 Å². The van der Waals surface area contributed by atoms with Crippen molar-refractivity contribution in [2.75, 3.05) is 17.7 Å². The minimum atomic E-state index is -0.282. The van der Waals surface area contributed by atoms with Gasteiger partial charge in [-0.2, -0.15) is 0 Å². The van der Waals surface area contributed by atoms with Crippen LogP contribution in [0.2, 0.25) is 0 Å². The van der Waals surface area contributed by atoms with E-state index < -0.39 is 0 Å². The van der Waals surface area contributed by atoms with E-state index >= 15 is 0 Å². The summed E-state index contributed by atoms with van der Waals surface area (Å²) in [5.41, 5.74) is 1.47. The molecule has 1 aliphatic carbocycles. The summed E-state index contributed by atoms with van der Waals surface area (Å²) in [6, 6.07) is 14.9. The number of rotatable bonds is 7. The van der Waals surface area contributed by atoms with Gasteiger partial charge in [-0.05, 0) is 50.1 Å². The van der Waals surface area contributed by atoms with Crippen LogP contribution in [0.5, 0.6) is 5.75 Å². The molecule has 0 saturated heterocycles. The first-order chi connectivity index (χ1) is 12.5. The van der Waals surface area contributed by atoms with Crippen LogP contribution in [-0.4, -0.2) is 24.2 Å². The topological polar surface area (TPSA) is 67.4 Å². The molecule has 1 atom stereocenters. The maximum atomic E-state index is 12.4. The van der Waals surface area contributed by atoms with Gasteiger partial charge >= 0.3 is 0 Å². The molecule has 2 aromatic carbocycles. The van der Waals surface area contributed by atoms with Gasteiger partial charge in [0.15, 0.2) is 0 Å². The second-order valence-electron chi connectivity index (χ2n) is 6.27. The number of anilines is 2. The van der Waals surface area contributed by atoms with Crippen LogP contribution in [0.4, 0.5) is 11.4 Å². The molecule has 2 N–H and O–H groups in total. The summed E-state index contributed by atoms with van der Waals surface area (Å²) in [6.45, 7) is 1.86. The third-order valence-electron chi connectivity index (χ3n) is 4.07. The van der Waals surface area contributed by atoms with Gasteiger partial charge in [0.2, 0.25) is 11.8 Å². The van der Waals surface area contributed by atoms with E-state index in [1.807, 2.05) is 49.4 Å². The Morgan fingerprint density at radius 3 is 2.46 bits per heavy atom. The fourth-order valence-corrected chi connectivity index (χ4v) is 3.37. The Bertz CT molecular complexity index is 805. The van der Waals surface area contributed by atoms with E-state index in [1.54, 1.807) is 13.2 Å². The Kier molecular flexibility index (Phi) is 5.83. The molecule has 2 amide bonds. The summed E-state index contributed by atoms with van der Waals surface area (Å²) in [4.78, 5) is 25.3. The lowest BCUT2D eigenvalue weighted by Crippen LogP contribution is -2.22. The maximum Gasteiger partial charge on any atom is 0.237 e. The van der Waals surface area contributed by atoms with E-state index in [4.69, 9.17) is 4.74 Å². The molecule has 6 heteroatoms. The van der Waals surface area contributed by atoms with Crippen molar-refractivity contribution in [3.8, 4) is 5.75 Å². The predicted octanol–water partition coefficient (Wildman–Crippen LogP) is 4.16. The summed E-state index contributed by atoms with van der Waals surface area (Å²) in [5, 5.41) is 5.55. The number of ether oxygens (including phenoxy) is 1. The summed E-state index contributed by atoms with van der Waals surface area (Å²) < 4.78 is 5.17. The zero-order valence-electron chi connectivity index (χ0n) is 14.8. The number of thioether (sulfide) groups is 1. The molecule has 1 aliphatic rings. The molecule has 2 aromatic rings. The smallest absolute Gasteiger partial charge is 0.237 e. The minimum Gasteiger partial charge on any atom is -0.497 e. The van der Waals surface area contributed by atoms with Crippen molar-refractivity contribution in [1.82, 2.24) is 0 Å². The highest BCUT2D eigenvalue weighted by molar-refractivity contribution is 8.00. The van der Waals surface area contributed by atoms with E-state index in [0.717, 1.165) is 23.4 Å². The third-order valence-corrected chi connectivity index (χ3v) is 5.16. The monoisotopic (exact) mass is 370 g/mol. The van der Waals surface area contributed by atoms with Gasteiger partial charge in [-0.25, -0.2) is 0 Å². The molecule has 5 nitrogen and oxygen atoms in total. The predicted molar refractivity (Wildman–Crippen MR) is 105 cm³/mol. The number of hydrogen-bond acceptors (Lipinski definition) is 4. The van der Waals surface area contributed by atoms with Crippen molar-refractivity contribution < 1.29 is 14.3 Å². The maximum absolute atomic E-state index is 12.4. The van der Waals surface area contributed by atoms with Gasteiger partial charge < -0.3 is 15.4 Å². The lowest BCUT2D eigenvalue weighted by atomic mass is 10.3. The number of carbonyl (C=O) groups excluding carboxylic acids is 2. The summed E-state index contributed by atoms with van der Waals surface area (Å²) >= 11 is 1.45. The lowest BCUT2D eigenvalue weighted by molar-refractivity contribution is -0.117.